The van der Waals surface area contributed by atoms with Crippen molar-refractivity contribution in [1.29, 1.82) is 0 Å². The quantitative estimate of drug-likeness (QED) is 0.839. The molecule has 106 valence electrons. The van der Waals surface area contributed by atoms with Crippen molar-refractivity contribution in [2.24, 2.45) is 11.1 Å². The molecule has 19 heavy (non-hydrogen) atoms. The lowest BCUT2D eigenvalue weighted by Crippen LogP contribution is -2.28. The van der Waals surface area contributed by atoms with E-state index in [1.165, 1.54) is 44.1 Å². The SMILES string of the molecule is Cc1cc(CCC2(CCN)CCCCC2)ccc1F. The van der Waals surface area contributed by atoms with Crippen LogP contribution < -0.4 is 5.73 Å². The molecule has 1 fully saturated rings. The molecule has 0 bridgehead atoms. The highest BCUT2D eigenvalue weighted by Gasteiger charge is 2.30. The second-order valence-electron chi connectivity index (χ2n) is 6.18. The first-order chi connectivity index (χ1) is 9.15. The fraction of sp³-hybridized carbons (Fsp3) is 0.647. The van der Waals surface area contributed by atoms with E-state index >= 15 is 0 Å². The zero-order valence-electron chi connectivity index (χ0n) is 12.1. The van der Waals surface area contributed by atoms with E-state index in [9.17, 15) is 4.39 Å². The van der Waals surface area contributed by atoms with Crippen molar-refractivity contribution in [2.45, 2.75) is 58.3 Å². The van der Waals surface area contributed by atoms with Gasteiger partial charge in [-0.1, -0.05) is 31.4 Å². The standard InChI is InChI=1S/C17H26FN/c1-14-13-15(5-6-16(14)18)7-10-17(11-12-19)8-3-2-4-9-17/h5-6,13H,2-4,7-12,19H2,1H3. The average Bonchev–Trinajstić information content (AvgIpc) is 2.42. The smallest absolute Gasteiger partial charge is 0.126 e. The van der Waals surface area contributed by atoms with E-state index in [1.54, 1.807) is 6.07 Å². The lowest BCUT2D eigenvalue weighted by atomic mass is 9.68. The maximum Gasteiger partial charge on any atom is 0.126 e. The van der Waals surface area contributed by atoms with Crippen LogP contribution in [-0.4, -0.2) is 6.54 Å². The lowest BCUT2D eigenvalue weighted by Gasteiger charge is -2.37. The highest BCUT2D eigenvalue weighted by atomic mass is 19.1. The Bertz CT molecular complexity index is 402. The summed E-state index contributed by atoms with van der Waals surface area (Å²) in [6, 6.07) is 5.52. The van der Waals surface area contributed by atoms with Crippen LogP contribution in [0.2, 0.25) is 0 Å². The van der Waals surface area contributed by atoms with E-state index in [-0.39, 0.29) is 5.82 Å². The van der Waals surface area contributed by atoms with Gasteiger partial charge in [-0.15, -0.1) is 0 Å². The maximum absolute atomic E-state index is 13.3. The second-order valence-corrected chi connectivity index (χ2v) is 6.18. The van der Waals surface area contributed by atoms with Gasteiger partial charge in [0.25, 0.3) is 0 Å². The molecule has 2 heteroatoms. The van der Waals surface area contributed by atoms with Crippen molar-refractivity contribution < 1.29 is 4.39 Å². The van der Waals surface area contributed by atoms with Gasteiger partial charge in [0.2, 0.25) is 0 Å². The molecule has 0 spiro atoms. The van der Waals surface area contributed by atoms with Gasteiger partial charge in [0.1, 0.15) is 5.82 Å². The Kier molecular flexibility index (Phi) is 4.98. The Labute approximate surface area is 116 Å². The van der Waals surface area contributed by atoms with E-state index in [0.717, 1.165) is 24.9 Å². The summed E-state index contributed by atoms with van der Waals surface area (Å²) in [6.45, 7) is 2.64. The van der Waals surface area contributed by atoms with Crippen LogP contribution in [0.25, 0.3) is 0 Å². The van der Waals surface area contributed by atoms with Crippen molar-refractivity contribution in [2.75, 3.05) is 6.54 Å². The molecule has 1 aromatic carbocycles. The predicted molar refractivity (Wildman–Crippen MR) is 78.6 cm³/mol. The number of nitrogens with two attached hydrogens (primary N) is 1. The summed E-state index contributed by atoms with van der Waals surface area (Å²) < 4.78 is 13.3. The molecule has 0 aliphatic heterocycles. The van der Waals surface area contributed by atoms with Crippen molar-refractivity contribution >= 4 is 0 Å². The van der Waals surface area contributed by atoms with Crippen LogP contribution in [0.15, 0.2) is 18.2 Å². The number of rotatable bonds is 5. The monoisotopic (exact) mass is 263 g/mol. The third-order valence-corrected chi connectivity index (χ3v) is 4.76. The molecule has 2 N–H and O–H groups in total. The van der Waals surface area contributed by atoms with Gasteiger partial charge in [0.05, 0.1) is 0 Å². The van der Waals surface area contributed by atoms with Gasteiger partial charge in [-0.05, 0) is 68.2 Å². The molecule has 2 rings (SSSR count). The van der Waals surface area contributed by atoms with E-state index in [0.29, 0.717) is 5.41 Å². The average molecular weight is 263 g/mol. The van der Waals surface area contributed by atoms with Crippen LogP contribution in [0.3, 0.4) is 0 Å². The second kappa shape index (κ2) is 6.51. The van der Waals surface area contributed by atoms with Gasteiger partial charge in [-0.3, -0.25) is 0 Å². The van der Waals surface area contributed by atoms with Crippen LogP contribution in [0.4, 0.5) is 4.39 Å². The maximum atomic E-state index is 13.3. The minimum absolute atomic E-state index is 0.0990. The fourth-order valence-corrected chi connectivity index (χ4v) is 3.50. The van der Waals surface area contributed by atoms with Crippen molar-refractivity contribution in [3.63, 3.8) is 0 Å². The molecule has 0 amide bonds. The molecular weight excluding hydrogens is 237 g/mol. The molecule has 1 saturated carbocycles. The number of aryl methyl sites for hydroxylation is 2. The first-order valence-corrected chi connectivity index (χ1v) is 7.60. The van der Waals surface area contributed by atoms with E-state index in [1.807, 2.05) is 19.1 Å². The summed E-state index contributed by atoms with van der Waals surface area (Å²) in [5, 5.41) is 0. The minimum Gasteiger partial charge on any atom is -0.330 e. The Hall–Kier alpha value is -0.890. The molecule has 1 aromatic rings. The Balaban J connectivity index is 1.99. The molecule has 1 aliphatic carbocycles. The van der Waals surface area contributed by atoms with Crippen LogP contribution >= 0.6 is 0 Å². The fourth-order valence-electron chi connectivity index (χ4n) is 3.50. The highest BCUT2D eigenvalue weighted by Crippen LogP contribution is 2.42. The third-order valence-electron chi connectivity index (χ3n) is 4.76. The number of hydrogen-bond acceptors (Lipinski definition) is 1. The normalized spacial score (nSPS) is 18.5. The first kappa shape index (κ1) is 14.5. The molecular formula is C17H26FN. The predicted octanol–water partition coefficient (Wildman–Crippen LogP) is 4.37. The molecule has 0 atom stereocenters. The van der Waals surface area contributed by atoms with Crippen LogP contribution in [0.1, 0.15) is 56.1 Å². The number of halogens is 1. The topological polar surface area (TPSA) is 26.0 Å². The lowest BCUT2D eigenvalue weighted by molar-refractivity contribution is 0.161. The molecule has 0 unspecified atom stereocenters. The van der Waals surface area contributed by atoms with E-state index < -0.39 is 0 Å². The molecule has 0 radical (unpaired) electrons. The zero-order valence-corrected chi connectivity index (χ0v) is 12.1. The van der Waals surface area contributed by atoms with Crippen LogP contribution in [0.5, 0.6) is 0 Å². The van der Waals surface area contributed by atoms with Gasteiger partial charge in [0.15, 0.2) is 0 Å². The minimum atomic E-state index is -0.0990. The zero-order chi connectivity index (χ0) is 13.7. The van der Waals surface area contributed by atoms with Crippen molar-refractivity contribution in [3.8, 4) is 0 Å². The van der Waals surface area contributed by atoms with Gasteiger partial charge in [-0.2, -0.15) is 0 Å². The van der Waals surface area contributed by atoms with Crippen LogP contribution in [0, 0.1) is 18.2 Å². The molecule has 1 nitrogen and oxygen atoms in total. The highest BCUT2D eigenvalue weighted by molar-refractivity contribution is 5.24. The van der Waals surface area contributed by atoms with E-state index in [2.05, 4.69) is 0 Å². The molecule has 0 saturated heterocycles. The van der Waals surface area contributed by atoms with Gasteiger partial charge in [-0.25, -0.2) is 4.39 Å². The van der Waals surface area contributed by atoms with Crippen LogP contribution in [-0.2, 0) is 6.42 Å². The Morgan fingerprint density at radius 1 is 1.16 bits per heavy atom. The molecule has 0 aromatic heterocycles. The first-order valence-electron chi connectivity index (χ1n) is 7.60. The third kappa shape index (κ3) is 3.79. The summed E-state index contributed by atoms with van der Waals surface area (Å²) in [7, 11) is 0. The van der Waals surface area contributed by atoms with Gasteiger partial charge >= 0.3 is 0 Å². The summed E-state index contributed by atoms with van der Waals surface area (Å²) in [4.78, 5) is 0. The summed E-state index contributed by atoms with van der Waals surface area (Å²) >= 11 is 0. The number of benzene rings is 1. The largest absolute Gasteiger partial charge is 0.330 e. The van der Waals surface area contributed by atoms with Crippen molar-refractivity contribution in [1.82, 2.24) is 0 Å². The Morgan fingerprint density at radius 3 is 2.53 bits per heavy atom. The van der Waals surface area contributed by atoms with Crippen molar-refractivity contribution in [3.05, 3.63) is 35.1 Å². The van der Waals surface area contributed by atoms with E-state index in [4.69, 9.17) is 5.73 Å². The number of hydrogen-bond donors (Lipinski definition) is 1. The van der Waals surface area contributed by atoms with Gasteiger partial charge < -0.3 is 5.73 Å². The Morgan fingerprint density at radius 2 is 1.89 bits per heavy atom. The summed E-state index contributed by atoms with van der Waals surface area (Å²) in [5.74, 6) is -0.0990. The molecule has 1 aliphatic rings. The summed E-state index contributed by atoms with van der Waals surface area (Å²) in [6.07, 6.45) is 10.1. The summed E-state index contributed by atoms with van der Waals surface area (Å²) in [5.41, 5.74) is 8.28. The van der Waals surface area contributed by atoms with Gasteiger partial charge in [0, 0.05) is 0 Å². The molecule has 0 heterocycles.